The molecule has 8 heteroatoms. The first-order valence-corrected chi connectivity index (χ1v) is 6.55. The molecule has 0 heterocycles. The minimum atomic E-state index is -0.384. The van der Waals surface area contributed by atoms with E-state index in [9.17, 15) is 9.59 Å². The number of amides is 2. The average molecular weight is 332 g/mol. The molecular weight excluding hydrogens is 310 g/mol. The van der Waals surface area contributed by atoms with E-state index in [2.05, 4.69) is 10.6 Å². The molecule has 0 atom stereocenters. The fraction of sp³-hybridized carbons (Fsp3) is 0.429. The summed E-state index contributed by atoms with van der Waals surface area (Å²) in [5.41, 5.74) is 6.70. The Morgan fingerprint density at radius 3 is 2.59 bits per heavy atom. The lowest BCUT2D eigenvalue weighted by Crippen LogP contribution is -2.36. The van der Waals surface area contributed by atoms with Crippen molar-refractivity contribution in [2.45, 2.75) is 6.92 Å². The van der Waals surface area contributed by atoms with Crippen LogP contribution in [0.2, 0.25) is 0 Å². The minimum Gasteiger partial charge on any atom is -0.489 e. The molecule has 0 spiro atoms. The van der Waals surface area contributed by atoms with Gasteiger partial charge in [0.05, 0.1) is 25.4 Å². The van der Waals surface area contributed by atoms with Crippen LogP contribution < -0.4 is 21.1 Å². The number of methoxy groups -OCH3 is 1. The van der Waals surface area contributed by atoms with Crippen LogP contribution in [0.4, 0.5) is 5.69 Å². The molecule has 7 nitrogen and oxygen atoms in total. The maximum absolute atomic E-state index is 11.8. The zero-order valence-electron chi connectivity index (χ0n) is 12.7. The topological polar surface area (TPSA) is 103 Å². The van der Waals surface area contributed by atoms with E-state index in [4.69, 9.17) is 15.2 Å². The summed E-state index contributed by atoms with van der Waals surface area (Å²) in [6.07, 6.45) is 0. The molecule has 0 saturated heterocycles. The fourth-order valence-electron chi connectivity index (χ4n) is 1.53. The highest BCUT2D eigenvalue weighted by atomic mass is 35.5. The molecule has 0 saturated carbocycles. The Morgan fingerprint density at radius 1 is 1.23 bits per heavy atom. The molecule has 0 aliphatic carbocycles. The second kappa shape index (κ2) is 10.8. The molecule has 0 fully saturated rings. The molecule has 0 aliphatic rings. The minimum absolute atomic E-state index is 0. The summed E-state index contributed by atoms with van der Waals surface area (Å²) in [5.74, 6) is -0.173. The third kappa shape index (κ3) is 7.26. The van der Waals surface area contributed by atoms with Crippen molar-refractivity contribution in [3.8, 4) is 5.75 Å². The van der Waals surface area contributed by atoms with E-state index in [0.717, 1.165) is 5.56 Å². The maximum Gasteiger partial charge on any atom is 0.243 e. The van der Waals surface area contributed by atoms with Gasteiger partial charge in [-0.15, -0.1) is 12.4 Å². The van der Waals surface area contributed by atoms with Gasteiger partial charge in [0, 0.05) is 7.11 Å². The third-order valence-corrected chi connectivity index (χ3v) is 2.59. The Kier molecular flexibility index (Phi) is 9.93. The number of aryl methyl sites for hydroxylation is 1. The summed E-state index contributed by atoms with van der Waals surface area (Å²) in [4.78, 5) is 22.8. The van der Waals surface area contributed by atoms with E-state index in [1.165, 1.54) is 0 Å². The van der Waals surface area contributed by atoms with Crippen LogP contribution in [-0.4, -0.2) is 45.2 Å². The summed E-state index contributed by atoms with van der Waals surface area (Å²) >= 11 is 0. The largest absolute Gasteiger partial charge is 0.489 e. The zero-order valence-corrected chi connectivity index (χ0v) is 13.5. The highest BCUT2D eigenvalue weighted by molar-refractivity contribution is 5.95. The smallest absolute Gasteiger partial charge is 0.243 e. The summed E-state index contributed by atoms with van der Waals surface area (Å²) in [6, 6.07) is 5.43. The van der Waals surface area contributed by atoms with Gasteiger partial charge < -0.3 is 25.8 Å². The summed E-state index contributed by atoms with van der Waals surface area (Å²) in [7, 11) is 1.59. The van der Waals surface area contributed by atoms with Crippen LogP contribution in [0.3, 0.4) is 0 Å². The van der Waals surface area contributed by atoms with Gasteiger partial charge in [0.1, 0.15) is 12.4 Å². The average Bonchev–Trinajstić information content (AvgIpc) is 2.47. The first-order chi connectivity index (χ1) is 10.1. The second-order valence-electron chi connectivity index (χ2n) is 4.37. The van der Waals surface area contributed by atoms with Gasteiger partial charge in [0.25, 0.3) is 0 Å². The van der Waals surface area contributed by atoms with Gasteiger partial charge in [-0.1, -0.05) is 6.07 Å². The summed E-state index contributed by atoms with van der Waals surface area (Å²) in [6.45, 7) is 2.47. The van der Waals surface area contributed by atoms with Crippen molar-refractivity contribution < 1.29 is 19.1 Å². The quantitative estimate of drug-likeness (QED) is 0.600. The number of halogens is 1. The van der Waals surface area contributed by atoms with Gasteiger partial charge in [-0.25, -0.2) is 0 Å². The molecule has 1 aromatic rings. The molecule has 0 aromatic heterocycles. The monoisotopic (exact) mass is 331 g/mol. The number of hydrogen-bond acceptors (Lipinski definition) is 5. The third-order valence-electron chi connectivity index (χ3n) is 2.59. The molecule has 1 aromatic carbocycles. The standard InChI is InChI=1S/C14H21N3O4.ClH/c1-10-3-4-11(12(7-10)21-6-5-20-2)17-14(19)9-16-13(18)8-15;/h3-4,7H,5-6,8-9,15H2,1-2H3,(H,16,18)(H,17,19);1H. The predicted molar refractivity (Wildman–Crippen MR) is 86.5 cm³/mol. The molecule has 0 unspecified atom stereocenters. The van der Waals surface area contributed by atoms with Gasteiger partial charge in [0.15, 0.2) is 0 Å². The van der Waals surface area contributed by atoms with Crippen LogP contribution in [-0.2, 0) is 14.3 Å². The van der Waals surface area contributed by atoms with Gasteiger partial charge in [-0.3, -0.25) is 9.59 Å². The van der Waals surface area contributed by atoms with E-state index in [-0.39, 0.29) is 37.3 Å². The van der Waals surface area contributed by atoms with Crippen molar-refractivity contribution >= 4 is 29.9 Å². The van der Waals surface area contributed by atoms with Crippen LogP contribution >= 0.6 is 12.4 Å². The van der Waals surface area contributed by atoms with Crippen LogP contribution in [0, 0.1) is 6.92 Å². The molecule has 124 valence electrons. The zero-order chi connectivity index (χ0) is 15.7. The SMILES string of the molecule is COCCOc1cc(C)ccc1NC(=O)CNC(=O)CN.Cl. The Balaban J connectivity index is 0.00000441. The van der Waals surface area contributed by atoms with Crippen molar-refractivity contribution in [3.63, 3.8) is 0 Å². The number of hydrogen-bond donors (Lipinski definition) is 3. The van der Waals surface area contributed by atoms with Crippen molar-refractivity contribution in [1.29, 1.82) is 0 Å². The van der Waals surface area contributed by atoms with E-state index in [0.29, 0.717) is 24.7 Å². The van der Waals surface area contributed by atoms with Gasteiger partial charge >= 0.3 is 0 Å². The van der Waals surface area contributed by atoms with E-state index < -0.39 is 0 Å². The van der Waals surface area contributed by atoms with Crippen LogP contribution in [0.1, 0.15) is 5.56 Å². The fourth-order valence-corrected chi connectivity index (χ4v) is 1.53. The molecule has 22 heavy (non-hydrogen) atoms. The molecular formula is C14H22ClN3O4. The van der Waals surface area contributed by atoms with E-state index in [1.54, 1.807) is 13.2 Å². The van der Waals surface area contributed by atoms with Gasteiger partial charge in [-0.05, 0) is 24.6 Å². The molecule has 0 bridgehead atoms. The Morgan fingerprint density at radius 2 is 1.95 bits per heavy atom. The number of anilines is 1. The Bertz CT molecular complexity index is 497. The normalized spacial score (nSPS) is 9.59. The van der Waals surface area contributed by atoms with Gasteiger partial charge in [0.2, 0.25) is 11.8 Å². The van der Waals surface area contributed by atoms with Crippen molar-refractivity contribution in [2.75, 3.05) is 38.7 Å². The predicted octanol–water partition coefficient (Wildman–Crippen LogP) is 0.455. The molecule has 0 aliphatic heterocycles. The number of carbonyl (C=O) groups excluding carboxylic acids is 2. The molecule has 1 rings (SSSR count). The second-order valence-corrected chi connectivity index (χ2v) is 4.37. The van der Waals surface area contributed by atoms with Crippen molar-refractivity contribution in [1.82, 2.24) is 5.32 Å². The highest BCUT2D eigenvalue weighted by Crippen LogP contribution is 2.25. The highest BCUT2D eigenvalue weighted by Gasteiger charge is 2.09. The lowest BCUT2D eigenvalue weighted by atomic mass is 10.2. The molecule has 2 amide bonds. The molecule has 4 N–H and O–H groups in total. The number of benzene rings is 1. The Hall–Kier alpha value is -1.83. The number of nitrogens with one attached hydrogen (secondary N) is 2. The first kappa shape index (κ1) is 20.2. The van der Waals surface area contributed by atoms with Crippen LogP contribution in [0.25, 0.3) is 0 Å². The van der Waals surface area contributed by atoms with Crippen molar-refractivity contribution in [2.24, 2.45) is 5.73 Å². The lowest BCUT2D eigenvalue weighted by molar-refractivity contribution is -0.123. The number of ether oxygens (including phenoxy) is 2. The number of carbonyl (C=O) groups is 2. The van der Waals surface area contributed by atoms with Crippen molar-refractivity contribution in [3.05, 3.63) is 23.8 Å². The molecule has 0 radical (unpaired) electrons. The van der Waals surface area contributed by atoms with E-state index in [1.807, 2.05) is 19.1 Å². The number of rotatable bonds is 8. The van der Waals surface area contributed by atoms with E-state index >= 15 is 0 Å². The van der Waals surface area contributed by atoms with Crippen LogP contribution in [0.15, 0.2) is 18.2 Å². The summed E-state index contributed by atoms with van der Waals surface area (Å²) < 4.78 is 10.5. The number of nitrogens with two attached hydrogens (primary N) is 1. The maximum atomic E-state index is 11.8. The first-order valence-electron chi connectivity index (χ1n) is 6.55. The van der Waals surface area contributed by atoms with Crippen LogP contribution in [0.5, 0.6) is 5.75 Å². The van der Waals surface area contributed by atoms with Gasteiger partial charge in [-0.2, -0.15) is 0 Å². The Labute approximate surface area is 135 Å². The lowest BCUT2D eigenvalue weighted by Gasteiger charge is -2.13. The summed E-state index contributed by atoms with van der Waals surface area (Å²) in [5, 5.41) is 5.08.